The molecular weight excluding hydrogens is 245 g/mol. The molecule has 0 fully saturated rings. The Morgan fingerprint density at radius 3 is 2.44 bits per heavy atom. The molecule has 0 amide bonds. The number of nitrogens with one attached hydrogen (secondary N) is 1. The molecule has 0 aliphatic heterocycles. The summed E-state index contributed by atoms with van der Waals surface area (Å²) in [4.78, 5) is 0. The van der Waals surface area contributed by atoms with Crippen molar-refractivity contribution in [2.45, 2.75) is 19.4 Å². The summed E-state index contributed by atoms with van der Waals surface area (Å²) in [5.41, 5.74) is 0.976. The van der Waals surface area contributed by atoms with E-state index >= 15 is 0 Å². The van der Waals surface area contributed by atoms with Crippen molar-refractivity contribution < 1.29 is 4.74 Å². The highest BCUT2D eigenvalue weighted by atomic mass is 35.5. The summed E-state index contributed by atoms with van der Waals surface area (Å²) in [6.07, 6.45) is 0.938. The van der Waals surface area contributed by atoms with Crippen LogP contribution in [0, 0.1) is 0 Å². The van der Waals surface area contributed by atoms with Gasteiger partial charge in [0.15, 0.2) is 0 Å². The van der Waals surface area contributed by atoms with Gasteiger partial charge in [-0.15, -0.1) is 0 Å². The minimum atomic E-state index is 0.177. The highest BCUT2D eigenvalue weighted by molar-refractivity contribution is 6.36. The maximum absolute atomic E-state index is 6.16. The molecule has 0 aliphatic rings. The zero-order chi connectivity index (χ0) is 12.0. The molecule has 1 aromatic carbocycles. The fourth-order valence-corrected chi connectivity index (χ4v) is 2.29. The number of hydrogen-bond acceptors (Lipinski definition) is 2. The maximum Gasteiger partial charge on any atom is 0.0587 e. The summed E-state index contributed by atoms with van der Waals surface area (Å²) < 4.78 is 5.00. The highest BCUT2D eigenvalue weighted by Gasteiger charge is 2.15. The third kappa shape index (κ3) is 3.63. The minimum Gasteiger partial charge on any atom is -0.383 e. The van der Waals surface area contributed by atoms with E-state index in [4.69, 9.17) is 27.9 Å². The van der Waals surface area contributed by atoms with Gasteiger partial charge in [-0.2, -0.15) is 0 Å². The number of ether oxygens (including phenoxy) is 1. The van der Waals surface area contributed by atoms with Gasteiger partial charge in [0.25, 0.3) is 0 Å². The van der Waals surface area contributed by atoms with E-state index < -0.39 is 0 Å². The molecule has 1 aromatic rings. The lowest BCUT2D eigenvalue weighted by atomic mass is 10.0. The summed E-state index contributed by atoms with van der Waals surface area (Å²) in [5, 5.41) is 4.80. The summed E-state index contributed by atoms with van der Waals surface area (Å²) >= 11 is 12.3. The average Bonchev–Trinajstić information content (AvgIpc) is 2.26. The predicted molar refractivity (Wildman–Crippen MR) is 69.4 cm³/mol. The molecule has 90 valence electrons. The smallest absolute Gasteiger partial charge is 0.0587 e. The molecule has 16 heavy (non-hydrogen) atoms. The molecule has 4 heteroatoms. The highest BCUT2D eigenvalue weighted by Crippen LogP contribution is 2.31. The lowest BCUT2D eigenvalue weighted by Crippen LogP contribution is -2.25. The van der Waals surface area contributed by atoms with Crippen molar-refractivity contribution in [2.75, 3.05) is 20.3 Å². The van der Waals surface area contributed by atoms with Crippen molar-refractivity contribution in [3.63, 3.8) is 0 Å². The number of benzene rings is 1. The number of hydrogen-bond donors (Lipinski definition) is 1. The SMILES string of the molecule is CCC(NCCOC)c1c(Cl)cccc1Cl. The number of rotatable bonds is 6. The summed E-state index contributed by atoms with van der Waals surface area (Å²) in [7, 11) is 1.69. The normalized spacial score (nSPS) is 12.8. The molecule has 0 saturated heterocycles. The number of halogens is 2. The Hall–Kier alpha value is -0.280. The van der Waals surface area contributed by atoms with Gasteiger partial charge in [0.05, 0.1) is 6.61 Å². The predicted octanol–water partition coefficient (Wildman–Crippen LogP) is 3.68. The maximum atomic E-state index is 6.16. The molecule has 0 spiro atoms. The van der Waals surface area contributed by atoms with E-state index in [0.29, 0.717) is 16.7 Å². The molecule has 0 aliphatic carbocycles. The Balaban J connectivity index is 2.78. The minimum absolute atomic E-state index is 0.177. The molecule has 1 unspecified atom stereocenters. The van der Waals surface area contributed by atoms with Crippen molar-refractivity contribution >= 4 is 23.2 Å². The molecule has 0 aromatic heterocycles. The number of methoxy groups -OCH3 is 1. The van der Waals surface area contributed by atoms with Crippen LogP contribution in [-0.4, -0.2) is 20.3 Å². The Kier molecular flexibility index (Phi) is 6.14. The second kappa shape index (κ2) is 7.13. The Bertz CT molecular complexity index is 311. The third-order valence-electron chi connectivity index (χ3n) is 2.45. The molecule has 1 rings (SSSR count). The Labute approximate surface area is 107 Å². The lowest BCUT2D eigenvalue weighted by molar-refractivity contribution is 0.195. The van der Waals surface area contributed by atoms with Crippen LogP contribution >= 0.6 is 23.2 Å². The molecule has 2 nitrogen and oxygen atoms in total. The Morgan fingerprint density at radius 2 is 1.94 bits per heavy atom. The van der Waals surface area contributed by atoms with Crippen LogP contribution in [0.4, 0.5) is 0 Å². The van der Waals surface area contributed by atoms with Gasteiger partial charge in [0, 0.05) is 35.3 Å². The second-order valence-corrected chi connectivity index (χ2v) is 4.36. The first-order valence-corrected chi connectivity index (χ1v) is 6.12. The average molecular weight is 262 g/mol. The van der Waals surface area contributed by atoms with Crippen molar-refractivity contribution in [3.05, 3.63) is 33.8 Å². The second-order valence-electron chi connectivity index (χ2n) is 3.54. The van der Waals surface area contributed by atoms with E-state index in [2.05, 4.69) is 12.2 Å². The fraction of sp³-hybridized carbons (Fsp3) is 0.500. The standard InChI is InChI=1S/C12H17Cl2NO/c1-3-11(15-7-8-16-2)12-9(13)5-4-6-10(12)14/h4-6,11,15H,3,7-8H2,1-2H3. The van der Waals surface area contributed by atoms with Crippen LogP contribution in [0.2, 0.25) is 10.0 Å². The topological polar surface area (TPSA) is 21.3 Å². The van der Waals surface area contributed by atoms with Gasteiger partial charge >= 0.3 is 0 Å². The molecule has 0 saturated carbocycles. The molecule has 0 bridgehead atoms. The first-order chi connectivity index (χ1) is 7.70. The summed E-state index contributed by atoms with van der Waals surface area (Å²) in [5.74, 6) is 0. The van der Waals surface area contributed by atoms with E-state index in [1.54, 1.807) is 7.11 Å². The van der Waals surface area contributed by atoms with E-state index in [1.165, 1.54) is 0 Å². The van der Waals surface area contributed by atoms with Gasteiger partial charge in [-0.3, -0.25) is 0 Å². The monoisotopic (exact) mass is 261 g/mol. The molecule has 0 radical (unpaired) electrons. The first kappa shape index (κ1) is 13.8. The largest absolute Gasteiger partial charge is 0.383 e. The van der Waals surface area contributed by atoms with Gasteiger partial charge in [-0.25, -0.2) is 0 Å². The lowest BCUT2D eigenvalue weighted by Gasteiger charge is -2.19. The van der Waals surface area contributed by atoms with E-state index in [1.807, 2.05) is 18.2 Å². The van der Waals surface area contributed by atoms with E-state index in [9.17, 15) is 0 Å². The zero-order valence-corrected chi connectivity index (χ0v) is 11.1. The first-order valence-electron chi connectivity index (χ1n) is 5.37. The summed E-state index contributed by atoms with van der Waals surface area (Å²) in [6, 6.07) is 5.76. The molecule has 0 heterocycles. The van der Waals surface area contributed by atoms with Crippen molar-refractivity contribution in [3.8, 4) is 0 Å². The van der Waals surface area contributed by atoms with Gasteiger partial charge < -0.3 is 10.1 Å². The molecular formula is C12H17Cl2NO. The van der Waals surface area contributed by atoms with Gasteiger partial charge in [0.1, 0.15) is 0 Å². The van der Waals surface area contributed by atoms with Crippen molar-refractivity contribution in [1.82, 2.24) is 5.32 Å². The van der Waals surface area contributed by atoms with Gasteiger partial charge in [-0.1, -0.05) is 36.2 Å². The molecule has 1 N–H and O–H groups in total. The van der Waals surface area contributed by atoms with Crippen LogP contribution in [0.1, 0.15) is 24.9 Å². The van der Waals surface area contributed by atoms with Crippen LogP contribution in [-0.2, 0) is 4.74 Å². The van der Waals surface area contributed by atoms with E-state index in [0.717, 1.165) is 18.5 Å². The van der Waals surface area contributed by atoms with Gasteiger partial charge in [-0.05, 0) is 18.6 Å². The van der Waals surface area contributed by atoms with Crippen LogP contribution in [0.15, 0.2) is 18.2 Å². The van der Waals surface area contributed by atoms with Crippen molar-refractivity contribution in [1.29, 1.82) is 0 Å². The van der Waals surface area contributed by atoms with E-state index in [-0.39, 0.29) is 6.04 Å². The van der Waals surface area contributed by atoms with Crippen LogP contribution < -0.4 is 5.32 Å². The quantitative estimate of drug-likeness (QED) is 0.789. The van der Waals surface area contributed by atoms with Crippen LogP contribution in [0.5, 0.6) is 0 Å². The summed E-state index contributed by atoms with van der Waals surface area (Å²) in [6.45, 7) is 3.57. The molecule has 1 atom stereocenters. The third-order valence-corrected chi connectivity index (χ3v) is 3.11. The Morgan fingerprint density at radius 1 is 1.31 bits per heavy atom. The fourth-order valence-electron chi connectivity index (χ4n) is 1.63. The van der Waals surface area contributed by atoms with Gasteiger partial charge in [0.2, 0.25) is 0 Å². The van der Waals surface area contributed by atoms with Crippen molar-refractivity contribution in [2.24, 2.45) is 0 Å². The van der Waals surface area contributed by atoms with Crippen LogP contribution in [0.25, 0.3) is 0 Å². The zero-order valence-electron chi connectivity index (χ0n) is 9.59. The van der Waals surface area contributed by atoms with Crippen LogP contribution in [0.3, 0.4) is 0 Å².